The van der Waals surface area contributed by atoms with Crippen molar-refractivity contribution >= 4 is 0 Å². The molecule has 0 saturated carbocycles. The molecule has 120 valence electrons. The monoisotopic (exact) mass is 310 g/mol. The smallest absolute Gasteiger partial charge is 0.115 e. The minimum atomic E-state index is -0.623. The lowest BCUT2D eigenvalue weighted by atomic mass is 10.0. The van der Waals surface area contributed by atoms with Gasteiger partial charge in [-0.15, -0.1) is 0 Å². The quantitative estimate of drug-likeness (QED) is 0.858. The zero-order chi connectivity index (χ0) is 16.8. The Hall–Kier alpha value is -2.35. The molecule has 2 N–H and O–H groups in total. The molecule has 0 radical (unpaired) electrons. The van der Waals surface area contributed by atoms with Gasteiger partial charge in [0.15, 0.2) is 0 Å². The van der Waals surface area contributed by atoms with Crippen molar-refractivity contribution in [1.29, 1.82) is 5.26 Å². The van der Waals surface area contributed by atoms with E-state index in [9.17, 15) is 10.2 Å². The fraction of sp³-hybridized carbons (Fsp3) is 0.316. The zero-order valence-corrected chi connectivity index (χ0v) is 13.5. The second-order valence-corrected chi connectivity index (χ2v) is 5.61. The molecular formula is C19H22N2O2. The molecule has 0 aliphatic heterocycles. The third-order valence-electron chi connectivity index (χ3n) is 4.14. The first-order valence-corrected chi connectivity index (χ1v) is 7.76. The number of phenolic OH excluding ortho intramolecular Hbond substituents is 1. The van der Waals surface area contributed by atoms with Crippen LogP contribution in [-0.4, -0.2) is 28.2 Å². The Morgan fingerprint density at radius 1 is 1.13 bits per heavy atom. The van der Waals surface area contributed by atoms with Crippen molar-refractivity contribution in [2.24, 2.45) is 0 Å². The number of aliphatic hydroxyl groups excluding tert-OH is 1. The molecule has 0 bridgehead atoms. The molecule has 23 heavy (non-hydrogen) atoms. The second-order valence-electron chi connectivity index (χ2n) is 5.61. The van der Waals surface area contributed by atoms with Gasteiger partial charge in [-0.1, -0.05) is 31.2 Å². The number of phenols is 1. The van der Waals surface area contributed by atoms with Crippen LogP contribution in [0.4, 0.5) is 0 Å². The number of aromatic hydroxyl groups is 1. The molecule has 0 aromatic heterocycles. The third-order valence-corrected chi connectivity index (χ3v) is 4.14. The van der Waals surface area contributed by atoms with E-state index in [4.69, 9.17) is 5.26 Å². The predicted molar refractivity (Wildman–Crippen MR) is 89.9 cm³/mol. The van der Waals surface area contributed by atoms with E-state index in [2.05, 4.69) is 17.9 Å². The number of hydrogen-bond acceptors (Lipinski definition) is 4. The molecule has 0 fully saturated rings. The number of rotatable bonds is 6. The summed E-state index contributed by atoms with van der Waals surface area (Å²) in [6.45, 7) is 5.37. The lowest BCUT2D eigenvalue weighted by Gasteiger charge is -2.30. The van der Waals surface area contributed by atoms with Crippen molar-refractivity contribution in [2.45, 2.75) is 26.0 Å². The zero-order valence-electron chi connectivity index (χ0n) is 13.5. The van der Waals surface area contributed by atoms with Crippen molar-refractivity contribution < 1.29 is 10.2 Å². The van der Waals surface area contributed by atoms with Crippen molar-refractivity contribution in [2.75, 3.05) is 13.1 Å². The Bertz CT molecular complexity index is 677. The van der Waals surface area contributed by atoms with Gasteiger partial charge in [0, 0.05) is 12.6 Å². The van der Waals surface area contributed by atoms with Crippen molar-refractivity contribution in [3.05, 3.63) is 65.2 Å². The van der Waals surface area contributed by atoms with E-state index in [1.807, 2.05) is 19.1 Å². The van der Waals surface area contributed by atoms with E-state index in [-0.39, 0.29) is 11.8 Å². The number of aliphatic hydroxyl groups is 1. The van der Waals surface area contributed by atoms with Crippen LogP contribution >= 0.6 is 0 Å². The van der Waals surface area contributed by atoms with Crippen LogP contribution in [0.3, 0.4) is 0 Å². The van der Waals surface area contributed by atoms with Crippen LogP contribution < -0.4 is 0 Å². The van der Waals surface area contributed by atoms with E-state index >= 15 is 0 Å². The summed E-state index contributed by atoms with van der Waals surface area (Å²) in [5, 5.41) is 28.9. The molecule has 2 unspecified atom stereocenters. The second kappa shape index (κ2) is 7.77. The van der Waals surface area contributed by atoms with Crippen molar-refractivity contribution in [3.63, 3.8) is 0 Å². The molecular weight excluding hydrogens is 288 g/mol. The summed E-state index contributed by atoms with van der Waals surface area (Å²) in [5.74, 6) is 0.248. The predicted octanol–water partition coefficient (Wildman–Crippen LogP) is 3.38. The summed E-state index contributed by atoms with van der Waals surface area (Å²) in [7, 11) is 0. The van der Waals surface area contributed by atoms with Gasteiger partial charge in [0.1, 0.15) is 5.75 Å². The Balaban J connectivity index is 2.10. The largest absolute Gasteiger partial charge is 0.508 e. The molecule has 0 spiro atoms. The molecule has 0 saturated heterocycles. The van der Waals surface area contributed by atoms with Crippen LogP contribution in [0.2, 0.25) is 0 Å². The van der Waals surface area contributed by atoms with Gasteiger partial charge in [-0.2, -0.15) is 5.26 Å². The van der Waals surface area contributed by atoms with Gasteiger partial charge in [-0.3, -0.25) is 4.90 Å². The molecule has 0 aliphatic carbocycles. The highest BCUT2D eigenvalue weighted by molar-refractivity contribution is 5.33. The molecule has 0 heterocycles. The normalized spacial score (nSPS) is 13.5. The molecule has 2 aromatic carbocycles. The molecule has 0 aliphatic rings. The maximum Gasteiger partial charge on any atom is 0.115 e. The molecule has 0 amide bonds. The number of nitrogens with zero attached hydrogens (tertiary/aromatic N) is 2. The molecule has 2 aromatic rings. The number of hydrogen-bond donors (Lipinski definition) is 2. The van der Waals surface area contributed by atoms with Gasteiger partial charge in [0.2, 0.25) is 0 Å². The molecule has 4 heteroatoms. The summed E-state index contributed by atoms with van der Waals surface area (Å²) < 4.78 is 0. The van der Waals surface area contributed by atoms with Crippen LogP contribution in [0.15, 0.2) is 48.5 Å². The van der Waals surface area contributed by atoms with E-state index in [0.717, 1.165) is 17.7 Å². The van der Waals surface area contributed by atoms with E-state index < -0.39 is 6.10 Å². The summed E-state index contributed by atoms with van der Waals surface area (Å²) in [5.41, 5.74) is 2.39. The Morgan fingerprint density at radius 2 is 1.83 bits per heavy atom. The first-order valence-electron chi connectivity index (χ1n) is 7.76. The van der Waals surface area contributed by atoms with Gasteiger partial charge in [-0.25, -0.2) is 0 Å². The van der Waals surface area contributed by atoms with Crippen LogP contribution in [0.1, 0.15) is 42.7 Å². The Morgan fingerprint density at radius 3 is 2.39 bits per heavy atom. The average Bonchev–Trinajstić information content (AvgIpc) is 2.59. The first kappa shape index (κ1) is 17.0. The van der Waals surface area contributed by atoms with Gasteiger partial charge < -0.3 is 10.2 Å². The lowest BCUT2D eigenvalue weighted by molar-refractivity contribution is 0.0946. The van der Waals surface area contributed by atoms with Crippen LogP contribution in [0.5, 0.6) is 5.75 Å². The molecule has 4 nitrogen and oxygen atoms in total. The summed E-state index contributed by atoms with van der Waals surface area (Å²) in [6.07, 6.45) is -0.623. The molecule has 2 rings (SSSR count). The fourth-order valence-electron chi connectivity index (χ4n) is 2.66. The highest BCUT2D eigenvalue weighted by atomic mass is 16.3. The average molecular weight is 310 g/mol. The maximum absolute atomic E-state index is 10.5. The number of benzene rings is 2. The van der Waals surface area contributed by atoms with Crippen LogP contribution in [0, 0.1) is 11.3 Å². The molecule has 2 atom stereocenters. The maximum atomic E-state index is 10.5. The number of likely N-dealkylation sites (N-methyl/N-ethyl adjacent to an activating group) is 1. The van der Waals surface area contributed by atoms with Gasteiger partial charge in [0.25, 0.3) is 0 Å². The van der Waals surface area contributed by atoms with E-state index in [1.54, 1.807) is 36.4 Å². The van der Waals surface area contributed by atoms with Gasteiger partial charge in [-0.05, 0) is 48.9 Å². The Labute approximate surface area is 137 Å². The summed E-state index contributed by atoms with van der Waals surface area (Å²) >= 11 is 0. The van der Waals surface area contributed by atoms with E-state index in [0.29, 0.717) is 12.1 Å². The van der Waals surface area contributed by atoms with E-state index in [1.165, 1.54) is 0 Å². The van der Waals surface area contributed by atoms with Gasteiger partial charge in [0.05, 0.1) is 17.7 Å². The Kier molecular flexibility index (Phi) is 5.75. The van der Waals surface area contributed by atoms with Crippen molar-refractivity contribution in [1.82, 2.24) is 4.90 Å². The standard InChI is InChI=1S/C19H22N2O2/c1-3-21(14(2)17-5-4-6-18(22)11-17)13-19(23)16-9-7-15(12-20)8-10-16/h4-11,14,19,22-23H,3,13H2,1-2H3. The minimum Gasteiger partial charge on any atom is -0.508 e. The first-order chi connectivity index (χ1) is 11.0. The number of nitriles is 1. The highest BCUT2D eigenvalue weighted by Gasteiger charge is 2.19. The highest BCUT2D eigenvalue weighted by Crippen LogP contribution is 2.25. The topological polar surface area (TPSA) is 67.5 Å². The fourth-order valence-corrected chi connectivity index (χ4v) is 2.66. The van der Waals surface area contributed by atoms with Crippen molar-refractivity contribution in [3.8, 4) is 11.8 Å². The lowest BCUT2D eigenvalue weighted by Crippen LogP contribution is -2.31. The third kappa shape index (κ3) is 4.32. The SMILES string of the molecule is CCN(CC(O)c1ccc(C#N)cc1)C(C)c1cccc(O)c1. The summed E-state index contributed by atoms with van der Waals surface area (Å²) in [4.78, 5) is 2.15. The van der Waals surface area contributed by atoms with Crippen LogP contribution in [-0.2, 0) is 0 Å². The summed E-state index contributed by atoms with van der Waals surface area (Å²) in [6, 6.07) is 16.4. The minimum absolute atomic E-state index is 0.0835. The van der Waals surface area contributed by atoms with Crippen LogP contribution in [0.25, 0.3) is 0 Å². The van der Waals surface area contributed by atoms with Gasteiger partial charge >= 0.3 is 0 Å².